The molecule has 0 aromatic heterocycles. The molecular formula is C16H17NO4. The van der Waals surface area contributed by atoms with Gasteiger partial charge in [0.1, 0.15) is 6.61 Å². The number of nitrogens with zero attached hydrogens (tertiary/aromatic N) is 1. The third kappa shape index (κ3) is 2.69. The smallest absolute Gasteiger partial charge is 0.416 e. The molecule has 0 radical (unpaired) electrons. The zero-order valence-electron chi connectivity index (χ0n) is 11.5. The summed E-state index contributed by atoms with van der Waals surface area (Å²) >= 11 is 0. The van der Waals surface area contributed by atoms with Crippen molar-refractivity contribution < 1.29 is 19.4 Å². The molecule has 110 valence electrons. The average Bonchev–Trinajstić information content (AvgIpc) is 3.06. The fourth-order valence-corrected chi connectivity index (χ4v) is 2.83. The molecule has 0 saturated carbocycles. The summed E-state index contributed by atoms with van der Waals surface area (Å²) in [5.74, 6) is -0.926. The van der Waals surface area contributed by atoms with Crippen LogP contribution in [0.5, 0.6) is 0 Å². The highest BCUT2D eigenvalue weighted by Gasteiger charge is 2.42. The molecule has 0 bridgehead atoms. The fraction of sp³-hybridized carbons (Fsp3) is 0.375. The standard InChI is InChI=1S/C16H17NO4/c18-14-8-4-7-13(14)15(19)17-12(10-21-16(17)20)9-11-5-2-1-3-6-11/h1-6,8,12-14,18H,7,9-10H2/t12?,13-,14-/m1/s1. The third-order valence-electron chi connectivity index (χ3n) is 3.97. The van der Waals surface area contributed by atoms with E-state index in [4.69, 9.17) is 4.74 Å². The molecule has 3 atom stereocenters. The van der Waals surface area contributed by atoms with Crippen molar-refractivity contribution in [2.45, 2.75) is 25.0 Å². The van der Waals surface area contributed by atoms with Crippen LogP contribution < -0.4 is 0 Å². The van der Waals surface area contributed by atoms with Crippen LogP contribution in [-0.2, 0) is 16.0 Å². The fourth-order valence-electron chi connectivity index (χ4n) is 2.83. The van der Waals surface area contributed by atoms with Crippen molar-refractivity contribution in [3.63, 3.8) is 0 Å². The van der Waals surface area contributed by atoms with Gasteiger partial charge in [-0.25, -0.2) is 9.69 Å². The molecular weight excluding hydrogens is 270 g/mol. The lowest BCUT2D eigenvalue weighted by Gasteiger charge is -2.24. The van der Waals surface area contributed by atoms with E-state index in [1.807, 2.05) is 30.3 Å². The van der Waals surface area contributed by atoms with Crippen LogP contribution in [0, 0.1) is 5.92 Å². The molecule has 2 aliphatic rings. The van der Waals surface area contributed by atoms with Crippen LogP contribution >= 0.6 is 0 Å². The summed E-state index contributed by atoms with van der Waals surface area (Å²) in [6.07, 6.45) is 2.95. The summed E-state index contributed by atoms with van der Waals surface area (Å²) in [5.41, 5.74) is 1.05. The van der Waals surface area contributed by atoms with Crippen molar-refractivity contribution in [3.05, 3.63) is 48.0 Å². The van der Waals surface area contributed by atoms with E-state index in [1.165, 1.54) is 4.90 Å². The first kappa shape index (κ1) is 13.8. The molecule has 1 fully saturated rings. The average molecular weight is 287 g/mol. The maximum absolute atomic E-state index is 12.5. The minimum absolute atomic E-state index is 0.204. The number of benzene rings is 1. The van der Waals surface area contributed by atoms with Gasteiger partial charge in [-0.2, -0.15) is 0 Å². The predicted octanol–water partition coefficient (Wildman–Crippen LogP) is 1.51. The van der Waals surface area contributed by atoms with E-state index in [1.54, 1.807) is 12.2 Å². The summed E-state index contributed by atoms with van der Waals surface area (Å²) < 4.78 is 5.03. The van der Waals surface area contributed by atoms with Gasteiger partial charge in [-0.3, -0.25) is 4.79 Å². The quantitative estimate of drug-likeness (QED) is 0.856. The second-order valence-electron chi connectivity index (χ2n) is 5.39. The maximum Gasteiger partial charge on any atom is 0.416 e. The number of hydrogen-bond acceptors (Lipinski definition) is 4. The molecule has 1 unspecified atom stereocenters. The highest BCUT2D eigenvalue weighted by Crippen LogP contribution is 2.26. The molecule has 2 amide bonds. The van der Waals surface area contributed by atoms with Crippen LogP contribution in [0.25, 0.3) is 0 Å². The molecule has 1 aromatic rings. The van der Waals surface area contributed by atoms with Gasteiger partial charge < -0.3 is 9.84 Å². The van der Waals surface area contributed by atoms with E-state index in [2.05, 4.69) is 0 Å². The summed E-state index contributed by atoms with van der Waals surface area (Å²) in [6, 6.07) is 9.37. The lowest BCUT2D eigenvalue weighted by molar-refractivity contribution is -0.135. The minimum atomic E-state index is -0.816. The zero-order valence-corrected chi connectivity index (χ0v) is 11.5. The first-order valence-electron chi connectivity index (χ1n) is 7.05. The summed E-state index contributed by atoms with van der Waals surface area (Å²) in [6.45, 7) is 0.204. The number of carbonyl (C=O) groups is 2. The third-order valence-corrected chi connectivity index (χ3v) is 3.97. The number of amides is 2. The molecule has 5 heteroatoms. The lowest BCUT2D eigenvalue weighted by Crippen LogP contribution is -2.45. The molecule has 1 saturated heterocycles. The van der Waals surface area contributed by atoms with Crippen molar-refractivity contribution in [1.82, 2.24) is 4.90 Å². The molecule has 1 heterocycles. The van der Waals surface area contributed by atoms with Crippen molar-refractivity contribution in [1.29, 1.82) is 0 Å². The van der Waals surface area contributed by atoms with Crippen LogP contribution in [0.3, 0.4) is 0 Å². The molecule has 3 rings (SSSR count). The Labute approximate surface area is 122 Å². The molecule has 1 aromatic carbocycles. The number of cyclic esters (lactones) is 1. The zero-order chi connectivity index (χ0) is 14.8. The Morgan fingerprint density at radius 2 is 2.10 bits per heavy atom. The topological polar surface area (TPSA) is 66.8 Å². The molecule has 1 N–H and O–H groups in total. The number of imide groups is 1. The first-order valence-corrected chi connectivity index (χ1v) is 7.05. The van der Waals surface area contributed by atoms with E-state index < -0.39 is 18.1 Å². The number of carbonyl (C=O) groups excluding carboxylic acids is 2. The van der Waals surface area contributed by atoms with Gasteiger partial charge >= 0.3 is 6.09 Å². The summed E-state index contributed by atoms with van der Waals surface area (Å²) in [4.78, 5) is 25.5. The second-order valence-corrected chi connectivity index (χ2v) is 5.39. The normalized spacial score (nSPS) is 28.0. The van der Waals surface area contributed by atoms with Crippen LogP contribution in [0.1, 0.15) is 12.0 Å². The van der Waals surface area contributed by atoms with Crippen LogP contribution in [0.2, 0.25) is 0 Å². The van der Waals surface area contributed by atoms with E-state index in [0.717, 1.165) is 5.56 Å². The largest absolute Gasteiger partial charge is 0.447 e. The minimum Gasteiger partial charge on any atom is -0.447 e. The lowest BCUT2D eigenvalue weighted by atomic mass is 10.0. The van der Waals surface area contributed by atoms with E-state index >= 15 is 0 Å². The van der Waals surface area contributed by atoms with Crippen LogP contribution in [0.4, 0.5) is 4.79 Å². The number of hydrogen-bond donors (Lipinski definition) is 1. The van der Waals surface area contributed by atoms with Crippen LogP contribution in [0.15, 0.2) is 42.5 Å². The summed E-state index contributed by atoms with van der Waals surface area (Å²) in [5, 5.41) is 9.80. The number of aliphatic hydroxyl groups excluding tert-OH is 1. The Balaban J connectivity index is 1.75. The van der Waals surface area contributed by atoms with Crippen molar-refractivity contribution in [3.8, 4) is 0 Å². The van der Waals surface area contributed by atoms with Gasteiger partial charge in [0.25, 0.3) is 0 Å². The van der Waals surface area contributed by atoms with Crippen molar-refractivity contribution >= 4 is 12.0 Å². The highest BCUT2D eigenvalue weighted by molar-refractivity contribution is 5.95. The molecule has 5 nitrogen and oxygen atoms in total. The Morgan fingerprint density at radius 3 is 2.76 bits per heavy atom. The Kier molecular flexibility index (Phi) is 3.75. The van der Waals surface area contributed by atoms with Gasteiger partial charge in [-0.1, -0.05) is 42.5 Å². The Morgan fingerprint density at radius 1 is 1.33 bits per heavy atom. The monoisotopic (exact) mass is 287 g/mol. The van der Waals surface area contributed by atoms with E-state index in [9.17, 15) is 14.7 Å². The van der Waals surface area contributed by atoms with Crippen LogP contribution in [-0.4, -0.2) is 40.8 Å². The molecule has 1 aliphatic heterocycles. The molecule has 0 spiro atoms. The predicted molar refractivity (Wildman–Crippen MR) is 75.4 cm³/mol. The number of ether oxygens (including phenoxy) is 1. The molecule has 21 heavy (non-hydrogen) atoms. The Bertz CT molecular complexity index is 569. The SMILES string of the molecule is O=C1OCC(Cc2ccccc2)N1C(=O)[C@@H]1CC=C[C@H]1O. The summed E-state index contributed by atoms with van der Waals surface area (Å²) in [7, 11) is 0. The number of aliphatic hydroxyl groups is 1. The Hall–Kier alpha value is -2.14. The highest BCUT2D eigenvalue weighted by atomic mass is 16.6. The van der Waals surface area contributed by atoms with Gasteiger partial charge in [0.05, 0.1) is 18.1 Å². The van der Waals surface area contributed by atoms with Gasteiger partial charge in [0, 0.05) is 0 Å². The van der Waals surface area contributed by atoms with Gasteiger partial charge in [0.15, 0.2) is 0 Å². The maximum atomic E-state index is 12.5. The number of rotatable bonds is 3. The van der Waals surface area contributed by atoms with Gasteiger partial charge in [-0.05, 0) is 18.4 Å². The first-order chi connectivity index (χ1) is 10.2. The molecule has 1 aliphatic carbocycles. The van der Waals surface area contributed by atoms with Gasteiger partial charge in [-0.15, -0.1) is 0 Å². The van der Waals surface area contributed by atoms with Crippen molar-refractivity contribution in [2.75, 3.05) is 6.61 Å². The van der Waals surface area contributed by atoms with E-state index in [0.29, 0.717) is 12.8 Å². The second kappa shape index (κ2) is 5.69. The van der Waals surface area contributed by atoms with Crippen molar-refractivity contribution in [2.24, 2.45) is 5.92 Å². The van der Waals surface area contributed by atoms with E-state index in [-0.39, 0.29) is 18.6 Å². The number of allylic oxidation sites excluding steroid dienone is 1. The van der Waals surface area contributed by atoms with Gasteiger partial charge in [0.2, 0.25) is 5.91 Å².